The summed E-state index contributed by atoms with van der Waals surface area (Å²) < 4.78 is 21.9. The first-order valence-electron chi connectivity index (χ1n) is 19.2. The topological polar surface area (TPSA) is 169 Å². The molecule has 56 heavy (non-hydrogen) atoms. The quantitative estimate of drug-likeness (QED) is 0.146. The number of alkyl carbamates (subject to hydrolysis) is 2. The van der Waals surface area contributed by atoms with Gasteiger partial charge in [-0.3, -0.25) is 9.59 Å². The van der Waals surface area contributed by atoms with Crippen LogP contribution in [0.1, 0.15) is 77.2 Å². The molecule has 14 nitrogen and oxygen atoms in total. The first-order valence-corrected chi connectivity index (χ1v) is 19.2. The van der Waals surface area contributed by atoms with Gasteiger partial charge < -0.3 is 38.7 Å². The average Bonchev–Trinajstić information content (AvgIpc) is 4.03. The maximum atomic E-state index is 13.6. The van der Waals surface area contributed by atoms with Gasteiger partial charge in [-0.05, 0) is 84.0 Å². The van der Waals surface area contributed by atoms with Crippen LogP contribution in [0.2, 0.25) is 0 Å². The highest BCUT2D eigenvalue weighted by Crippen LogP contribution is 2.37. The predicted octanol–water partition coefficient (Wildman–Crippen LogP) is 7.39. The van der Waals surface area contributed by atoms with Gasteiger partial charge in [-0.2, -0.15) is 0 Å². The minimum atomic E-state index is -0.723. The van der Waals surface area contributed by atoms with Crippen LogP contribution < -0.4 is 10.6 Å². The minimum absolute atomic E-state index is 0.132. The molecule has 4 heterocycles. The highest BCUT2D eigenvalue weighted by Gasteiger charge is 2.40. The van der Waals surface area contributed by atoms with E-state index in [0.29, 0.717) is 59.9 Å². The molecule has 0 bridgehead atoms. The number of nitrogens with one attached hydrogen (secondary N) is 2. The Labute approximate surface area is 324 Å². The van der Waals surface area contributed by atoms with Crippen molar-refractivity contribution in [2.24, 2.45) is 11.8 Å². The van der Waals surface area contributed by atoms with Gasteiger partial charge in [0.25, 0.3) is 0 Å². The number of carbonyl (C=O) groups excluding carboxylic acids is 4. The molecular formula is C42H48N6O8. The van der Waals surface area contributed by atoms with Gasteiger partial charge >= 0.3 is 12.2 Å². The van der Waals surface area contributed by atoms with E-state index >= 15 is 0 Å². The van der Waals surface area contributed by atoms with E-state index in [1.807, 2.05) is 64.1 Å². The third kappa shape index (κ3) is 7.64. The number of benzene rings is 3. The molecule has 294 valence electrons. The van der Waals surface area contributed by atoms with E-state index in [-0.39, 0.29) is 35.7 Å². The van der Waals surface area contributed by atoms with Crippen molar-refractivity contribution in [3.63, 3.8) is 0 Å². The van der Waals surface area contributed by atoms with Crippen molar-refractivity contribution in [1.29, 1.82) is 0 Å². The number of fused-ring (bicyclic) bond motifs is 2. The first kappa shape index (κ1) is 38.4. The molecule has 0 radical (unpaired) electrons. The standard InChI is InChI=1S/C42H48N6O8/c1-23(2)35(45-41(51)53-5)39(49)47-19-7-9-31(47)37-43-29-21-27(15-17-33(29)55-37)25-11-13-26(14-12-25)28-16-18-34-30(22-28)44-38(56-34)32-10-8-20-48(32)40(50)36(24(3)4)46-42(52)54-6/h11-18,21-24,31-32,35-36H,7-10,19-20H2,1-6H3,(H,45,51)(H,46,52)/t31-,32-,35-,36+/m0/s1. The van der Waals surface area contributed by atoms with E-state index in [4.69, 9.17) is 28.3 Å². The van der Waals surface area contributed by atoms with E-state index in [1.165, 1.54) is 14.2 Å². The molecule has 2 aromatic heterocycles. The molecule has 2 saturated heterocycles. The smallest absolute Gasteiger partial charge is 0.407 e. The Kier molecular flexibility index (Phi) is 11.0. The van der Waals surface area contributed by atoms with E-state index < -0.39 is 24.3 Å². The van der Waals surface area contributed by atoms with Gasteiger partial charge in [0.1, 0.15) is 35.2 Å². The summed E-state index contributed by atoms with van der Waals surface area (Å²) in [7, 11) is 2.56. The van der Waals surface area contributed by atoms with Gasteiger partial charge in [-0.1, -0.05) is 64.1 Å². The van der Waals surface area contributed by atoms with E-state index in [2.05, 4.69) is 34.9 Å². The van der Waals surface area contributed by atoms with Crippen LogP contribution in [-0.2, 0) is 19.1 Å². The fourth-order valence-corrected chi connectivity index (χ4v) is 7.72. The molecule has 4 atom stereocenters. The number of rotatable bonds is 10. The Hall–Kier alpha value is -5.92. The molecule has 0 aliphatic carbocycles. The van der Waals surface area contributed by atoms with E-state index in [1.54, 1.807) is 9.80 Å². The Balaban J connectivity index is 1.06. The number of amides is 4. The second-order valence-electron chi connectivity index (χ2n) is 15.1. The van der Waals surface area contributed by atoms with Gasteiger partial charge in [0.15, 0.2) is 11.2 Å². The number of aromatic nitrogens is 2. The number of hydrogen-bond donors (Lipinski definition) is 2. The molecule has 7 rings (SSSR count). The SMILES string of the molecule is COC(=O)N[C@H](C(=O)N1CCC[C@H]1c1nc2cc(-c3ccc(-c4ccc5oc([C@@H]6CCCN6C(=O)[C@H](NC(=O)OC)C(C)C)nc5c4)cc3)ccc2o1)C(C)C. The maximum Gasteiger partial charge on any atom is 0.407 e. The van der Waals surface area contributed by atoms with Crippen LogP contribution in [-0.4, -0.2) is 83.2 Å². The summed E-state index contributed by atoms with van der Waals surface area (Å²) >= 11 is 0. The molecule has 0 spiro atoms. The predicted molar refractivity (Wildman–Crippen MR) is 208 cm³/mol. The first-order chi connectivity index (χ1) is 26.9. The number of nitrogens with zero attached hydrogens (tertiary/aromatic N) is 4. The Morgan fingerprint density at radius 2 is 1.00 bits per heavy atom. The van der Waals surface area contributed by atoms with Crippen LogP contribution in [0.4, 0.5) is 9.59 Å². The van der Waals surface area contributed by atoms with Crippen molar-refractivity contribution >= 4 is 46.2 Å². The van der Waals surface area contributed by atoms with Gasteiger partial charge in [-0.25, -0.2) is 19.6 Å². The fourth-order valence-electron chi connectivity index (χ4n) is 7.72. The molecule has 0 unspecified atom stereocenters. The maximum absolute atomic E-state index is 13.6. The summed E-state index contributed by atoms with van der Waals surface area (Å²) in [5.41, 5.74) is 6.61. The number of likely N-dealkylation sites (tertiary alicyclic amines) is 2. The summed E-state index contributed by atoms with van der Waals surface area (Å²) in [5.74, 6) is 0.331. The molecule has 4 amide bonds. The van der Waals surface area contributed by atoms with Crippen LogP contribution in [0.15, 0.2) is 69.5 Å². The zero-order valence-corrected chi connectivity index (χ0v) is 32.5. The third-order valence-electron chi connectivity index (χ3n) is 10.8. The number of carbonyl (C=O) groups is 4. The lowest BCUT2D eigenvalue weighted by atomic mass is 10.00. The number of oxazole rings is 2. The lowest BCUT2D eigenvalue weighted by molar-refractivity contribution is -0.136. The molecule has 2 N–H and O–H groups in total. The molecule has 5 aromatic rings. The van der Waals surface area contributed by atoms with Gasteiger partial charge in [-0.15, -0.1) is 0 Å². The molecule has 3 aromatic carbocycles. The van der Waals surface area contributed by atoms with E-state index in [0.717, 1.165) is 35.1 Å². The van der Waals surface area contributed by atoms with Crippen molar-refractivity contribution in [3.05, 3.63) is 72.4 Å². The zero-order valence-electron chi connectivity index (χ0n) is 32.5. The molecule has 2 aliphatic heterocycles. The monoisotopic (exact) mass is 764 g/mol. The summed E-state index contributed by atoms with van der Waals surface area (Å²) in [6.07, 6.45) is 1.75. The highest BCUT2D eigenvalue weighted by molar-refractivity contribution is 5.88. The van der Waals surface area contributed by atoms with Crippen LogP contribution >= 0.6 is 0 Å². The zero-order chi connectivity index (χ0) is 39.7. The lowest BCUT2D eigenvalue weighted by Gasteiger charge is -2.29. The molecule has 2 fully saturated rings. The molecule has 0 saturated carbocycles. The fraction of sp³-hybridized carbons (Fsp3) is 0.429. The highest BCUT2D eigenvalue weighted by atomic mass is 16.5. The van der Waals surface area contributed by atoms with Crippen molar-refractivity contribution in [2.75, 3.05) is 27.3 Å². The summed E-state index contributed by atoms with van der Waals surface area (Å²) in [4.78, 5) is 64.3. The molecule has 2 aliphatic rings. The lowest BCUT2D eigenvalue weighted by Crippen LogP contribution is -2.51. The molecular weight excluding hydrogens is 716 g/mol. The van der Waals surface area contributed by atoms with Crippen LogP contribution in [0, 0.1) is 11.8 Å². The van der Waals surface area contributed by atoms with Crippen LogP contribution in [0.25, 0.3) is 44.5 Å². The minimum Gasteiger partial charge on any atom is -0.453 e. The Morgan fingerprint density at radius 3 is 1.36 bits per heavy atom. The Bertz CT molecular complexity index is 2090. The third-order valence-corrected chi connectivity index (χ3v) is 10.8. The average molecular weight is 765 g/mol. The number of ether oxygens (including phenoxy) is 2. The Morgan fingerprint density at radius 1 is 0.625 bits per heavy atom. The second kappa shape index (κ2) is 16.0. The number of hydrogen-bond acceptors (Lipinski definition) is 10. The van der Waals surface area contributed by atoms with Crippen molar-refractivity contribution in [2.45, 2.75) is 77.5 Å². The van der Waals surface area contributed by atoms with Crippen molar-refractivity contribution in [1.82, 2.24) is 30.4 Å². The second-order valence-corrected chi connectivity index (χ2v) is 15.1. The largest absolute Gasteiger partial charge is 0.453 e. The van der Waals surface area contributed by atoms with Crippen molar-refractivity contribution < 1.29 is 37.5 Å². The van der Waals surface area contributed by atoms with Crippen LogP contribution in [0.5, 0.6) is 0 Å². The molecule has 14 heteroatoms. The van der Waals surface area contributed by atoms with Gasteiger partial charge in [0.05, 0.1) is 14.2 Å². The van der Waals surface area contributed by atoms with Crippen LogP contribution in [0.3, 0.4) is 0 Å². The summed E-state index contributed by atoms with van der Waals surface area (Å²) in [6.45, 7) is 8.64. The van der Waals surface area contributed by atoms with Crippen molar-refractivity contribution in [3.8, 4) is 22.3 Å². The number of methoxy groups -OCH3 is 2. The summed E-state index contributed by atoms with van der Waals surface area (Å²) in [5, 5.41) is 5.36. The van der Waals surface area contributed by atoms with E-state index in [9.17, 15) is 19.2 Å². The van der Waals surface area contributed by atoms with Gasteiger partial charge in [0.2, 0.25) is 23.6 Å². The van der Waals surface area contributed by atoms with Gasteiger partial charge in [0, 0.05) is 13.1 Å². The summed E-state index contributed by atoms with van der Waals surface area (Å²) in [6, 6.07) is 17.9. The normalized spacial score (nSPS) is 18.1.